The summed E-state index contributed by atoms with van der Waals surface area (Å²) in [6.45, 7) is 0.645. The smallest absolute Gasteiger partial charge is 0.274 e. The first-order valence-electron chi connectivity index (χ1n) is 5.53. The Morgan fingerprint density at radius 2 is 1.59 bits per heavy atom. The van der Waals surface area contributed by atoms with Crippen LogP contribution in [-0.4, -0.2) is 13.7 Å². The normalized spacial score (nSPS) is 9.94. The maximum Gasteiger partial charge on any atom is 0.290 e. The molecule has 0 atom stereocenters. The monoisotopic (exact) mass is 232 g/mol. The van der Waals surface area contributed by atoms with Gasteiger partial charge in [-0.1, -0.05) is 30.3 Å². The molecule has 2 aromatic rings. The zero-order chi connectivity index (χ0) is 11.9. The van der Waals surface area contributed by atoms with Crippen LogP contribution >= 0.6 is 0 Å². The van der Waals surface area contributed by atoms with Gasteiger partial charge in [0.1, 0.15) is 7.11 Å². The van der Waals surface area contributed by atoms with E-state index in [1.807, 2.05) is 18.2 Å². The first-order valence-corrected chi connectivity index (χ1v) is 5.53. The highest BCUT2D eigenvalue weighted by Crippen LogP contribution is 1.97. The van der Waals surface area contributed by atoms with Gasteiger partial charge in [0.15, 0.2) is 6.61 Å². The maximum absolute atomic E-state index is 5.56. The van der Waals surface area contributed by atoms with Crippen LogP contribution in [0.1, 0.15) is 5.56 Å². The molecule has 88 valence electrons. The minimum atomic E-state index is 0.645. The van der Waals surface area contributed by atoms with Crippen LogP contribution < -0.4 is 19.1 Å². The van der Waals surface area contributed by atoms with E-state index in [9.17, 15) is 0 Å². The largest absolute Gasteiger partial charge is 0.290 e. The van der Waals surface area contributed by atoms with E-state index < -0.39 is 0 Å². The molecule has 1 aromatic heterocycles. The fraction of sp³-hybridized carbons (Fsp3) is 0.231. The van der Waals surface area contributed by atoms with Crippen LogP contribution in [0.2, 0.25) is 0 Å². The molecule has 4 heteroatoms. The highest BCUT2D eigenvalue weighted by molar-refractivity contribution is 5.14. The summed E-state index contributed by atoms with van der Waals surface area (Å²) in [6.07, 6.45) is 8.06. The third kappa shape index (κ3) is 3.45. The van der Waals surface area contributed by atoms with Crippen LogP contribution in [0.5, 0.6) is 0 Å². The van der Waals surface area contributed by atoms with Crippen molar-refractivity contribution in [2.24, 2.45) is 0 Å². The van der Waals surface area contributed by atoms with Gasteiger partial charge >= 0.3 is 0 Å². The fourth-order valence-corrected chi connectivity index (χ4v) is 1.48. The lowest BCUT2D eigenvalue weighted by molar-refractivity contribution is -0.931. The van der Waals surface area contributed by atoms with E-state index in [1.165, 1.54) is 5.56 Å². The average Bonchev–Trinajstić information content (AvgIpc) is 2.41. The molecular weight excluding hydrogens is 216 g/mol. The van der Waals surface area contributed by atoms with Crippen molar-refractivity contribution in [3.05, 3.63) is 60.7 Å². The Hall–Kier alpha value is -2.10. The van der Waals surface area contributed by atoms with Crippen LogP contribution in [0.4, 0.5) is 0 Å². The van der Waals surface area contributed by atoms with Gasteiger partial charge in [0.25, 0.3) is 24.8 Å². The minimum Gasteiger partial charge on any atom is -0.274 e. The maximum atomic E-state index is 5.56. The van der Waals surface area contributed by atoms with Gasteiger partial charge < -0.3 is 0 Å². The molecule has 0 saturated carbocycles. The predicted octanol–water partition coefficient (Wildman–Crippen LogP) is -0.00870. The standard InChI is InChI=1S/C13H16N2O2/c1-16-14-8-10-15(11-9-14)17-12-7-13-5-3-2-4-6-13/h2-6,8-11H,7,12H2,1H3/q+2. The van der Waals surface area contributed by atoms with Gasteiger partial charge in [0.2, 0.25) is 0 Å². The fourth-order valence-electron chi connectivity index (χ4n) is 1.48. The molecule has 0 radical (unpaired) electrons. The number of hydrogen-bond donors (Lipinski definition) is 0. The van der Waals surface area contributed by atoms with Crippen LogP contribution in [0.15, 0.2) is 55.1 Å². The third-order valence-electron chi connectivity index (χ3n) is 2.41. The zero-order valence-electron chi connectivity index (χ0n) is 9.82. The Bertz CT molecular complexity index is 443. The van der Waals surface area contributed by atoms with Gasteiger partial charge in [0.05, 0.1) is 0 Å². The second-order valence-electron chi connectivity index (χ2n) is 3.57. The van der Waals surface area contributed by atoms with Gasteiger partial charge in [0, 0.05) is 15.9 Å². The second kappa shape index (κ2) is 5.84. The van der Waals surface area contributed by atoms with Crippen molar-refractivity contribution in [1.29, 1.82) is 0 Å². The number of rotatable bonds is 5. The SMILES string of the molecule is CO[n+]1cc[n+](OCCc2ccccc2)cc1. The zero-order valence-corrected chi connectivity index (χ0v) is 9.82. The lowest BCUT2D eigenvalue weighted by Gasteiger charge is -1.98. The summed E-state index contributed by atoms with van der Waals surface area (Å²) < 4.78 is 3.26. The molecule has 0 N–H and O–H groups in total. The van der Waals surface area contributed by atoms with E-state index in [1.54, 1.807) is 41.4 Å². The molecule has 0 spiro atoms. The molecule has 0 bridgehead atoms. The number of hydrogen-bond acceptors (Lipinski definition) is 2. The van der Waals surface area contributed by atoms with E-state index in [0.717, 1.165) is 6.42 Å². The van der Waals surface area contributed by atoms with Crippen molar-refractivity contribution < 1.29 is 19.1 Å². The first-order chi connectivity index (χ1) is 8.38. The van der Waals surface area contributed by atoms with E-state index in [2.05, 4.69) is 12.1 Å². The van der Waals surface area contributed by atoms with Gasteiger partial charge in [-0.3, -0.25) is 9.68 Å². The Morgan fingerprint density at radius 1 is 0.941 bits per heavy atom. The molecule has 0 amide bonds. The summed E-state index contributed by atoms with van der Waals surface area (Å²) in [5.74, 6) is 0. The van der Waals surface area contributed by atoms with Crippen molar-refractivity contribution in [3.63, 3.8) is 0 Å². The summed E-state index contributed by atoms with van der Waals surface area (Å²) >= 11 is 0. The summed E-state index contributed by atoms with van der Waals surface area (Å²) in [7, 11) is 1.61. The van der Waals surface area contributed by atoms with Crippen molar-refractivity contribution >= 4 is 0 Å². The Labute approximate surface area is 101 Å². The summed E-state index contributed by atoms with van der Waals surface area (Å²) in [6, 6.07) is 10.3. The molecule has 1 aromatic carbocycles. The molecular formula is C13H16N2O2+2. The van der Waals surface area contributed by atoms with Crippen molar-refractivity contribution in [1.82, 2.24) is 0 Å². The topological polar surface area (TPSA) is 26.2 Å². The Morgan fingerprint density at radius 3 is 2.24 bits per heavy atom. The molecule has 0 aliphatic rings. The van der Waals surface area contributed by atoms with Crippen molar-refractivity contribution in [2.45, 2.75) is 6.42 Å². The molecule has 0 aliphatic heterocycles. The second-order valence-corrected chi connectivity index (χ2v) is 3.57. The van der Waals surface area contributed by atoms with Crippen LogP contribution in [0.3, 0.4) is 0 Å². The molecule has 17 heavy (non-hydrogen) atoms. The quantitative estimate of drug-likeness (QED) is 0.678. The lowest BCUT2D eigenvalue weighted by atomic mass is 10.2. The molecule has 0 unspecified atom stereocenters. The van der Waals surface area contributed by atoms with Gasteiger partial charge in [-0.25, -0.2) is 0 Å². The Balaban J connectivity index is 1.82. The van der Waals surface area contributed by atoms with Gasteiger partial charge in [-0.2, -0.15) is 0 Å². The molecule has 4 nitrogen and oxygen atoms in total. The van der Waals surface area contributed by atoms with Crippen LogP contribution in [-0.2, 0) is 6.42 Å². The number of benzene rings is 1. The molecule has 0 fully saturated rings. The summed E-state index contributed by atoms with van der Waals surface area (Å²) in [5, 5.41) is 0. The van der Waals surface area contributed by atoms with E-state index in [0.29, 0.717) is 6.61 Å². The summed E-state index contributed by atoms with van der Waals surface area (Å²) in [4.78, 5) is 10.5. The number of aromatic nitrogens is 2. The predicted molar refractivity (Wildman–Crippen MR) is 60.9 cm³/mol. The van der Waals surface area contributed by atoms with Crippen LogP contribution in [0.25, 0.3) is 0 Å². The highest BCUT2D eigenvalue weighted by atomic mass is 16.7. The average molecular weight is 232 g/mol. The van der Waals surface area contributed by atoms with E-state index in [4.69, 9.17) is 9.68 Å². The van der Waals surface area contributed by atoms with E-state index in [-0.39, 0.29) is 0 Å². The molecule has 1 heterocycles. The van der Waals surface area contributed by atoms with Gasteiger partial charge in [-0.05, 0) is 5.56 Å². The molecule has 0 saturated heterocycles. The number of nitrogens with zero attached hydrogens (tertiary/aromatic N) is 2. The van der Waals surface area contributed by atoms with Crippen molar-refractivity contribution in [3.8, 4) is 0 Å². The van der Waals surface area contributed by atoms with Gasteiger partial charge in [-0.15, -0.1) is 0 Å². The highest BCUT2D eigenvalue weighted by Gasteiger charge is 2.07. The first kappa shape index (κ1) is 11.4. The molecule has 2 rings (SSSR count). The molecule has 0 aliphatic carbocycles. The van der Waals surface area contributed by atoms with Crippen molar-refractivity contribution in [2.75, 3.05) is 13.7 Å². The minimum absolute atomic E-state index is 0.645. The summed E-state index contributed by atoms with van der Waals surface area (Å²) in [5.41, 5.74) is 1.27. The van der Waals surface area contributed by atoms with Crippen LogP contribution in [0, 0.1) is 0 Å². The lowest BCUT2D eigenvalue weighted by Crippen LogP contribution is -2.49. The Kier molecular flexibility index (Phi) is 3.91. The van der Waals surface area contributed by atoms with E-state index >= 15 is 0 Å². The third-order valence-corrected chi connectivity index (χ3v) is 2.41.